The van der Waals surface area contributed by atoms with Crippen LogP contribution in [0.5, 0.6) is 0 Å². The number of ether oxygens (including phenoxy) is 1. The van der Waals surface area contributed by atoms with Crippen LogP contribution in [0, 0.1) is 5.82 Å². The molecule has 1 saturated heterocycles. The molecule has 0 saturated carbocycles. The minimum atomic E-state index is -3.71. The first-order valence-electron chi connectivity index (χ1n) is 10.1. The Morgan fingerprint density at radius 3 is 2.16 bits per heavy atom. The van der Waals surface area contributed by atoms with Gasteiger partial charge in [-0.15, -0.1) is 0 Å². The largest absolute Gasteiger partial charge is 0.379 e. The molecule has 0 radical (unpaired) electrons. The van der Waals surface area contributed by atoms with Gasteiger partial charge in [-0.1, -0.05) is 42.5 Å². The lowest BCUT2D eigenvalue weighted by Gasteiger charge is -2.26. The van der Waals surface area contributed by atoms with Crippen LogP contribution in [0.2, 0.25) is 0 Å². The minimum absolute atomic E-state index is 0.0489. The van der Waals surface area contributed by atoms with Crippen molar-refractivity contribution in [2.24, 2.45) is 0 Å². The van der Waals surface area contributed by atoms with E-state index in [4.69, 9.17) is 4.74 Å². The van der Waals surface area contributed by atoms with Gasteiger partial charge in [0.05, 0.1) is 23.8 Å². The molecule has 3 aromatic rings. The Morgan fingerprint density at radius 1 is 0.903 bits per heavy atom. The van der Waals surface area contributed by atoms with E-state index in [1.807, 2.05) is 18.2 Å². The van der Waals surface area contributed by atoms with Crippen molar-refractivity contribution in [3.05, 3.63) is 89.4 Å². The summed E-state index contributed by atoms with van der Waals surface area (Å²) in [6.45, 7) is 3.58. The number of hydrogen-bond acceptors (Lipinski definition) is 5. The van der Waals surface area contributed by atoms with Gasteiger partial charge in [0.25, 0.3) is 0 Å². The molecule has 0 spiro atoms. The van der Waals surface area contributed by atoms with Crippen molar-refractivity contribution in [1.29, 1.82) is 0 Å². The van der Waals surface area contributed by atoms with E-state index in [1.165, 1.54) is 18.2 Å². The van der Waals surface area contributed by atoms with Crippen LogP contribution in [0.1, 0.15) is 16.8 Å². The highest BCUT2D eigenvalue weighted by Crippen LogP contribution is 2.21. The number of sulfone groups is 1. The summed E-state index contributed by atoms with van der Waals surface area (Å²) < 4.78 is 44.4. The Balaban J connectivity index is 1.49. The Morgan fingerprint density at radius 2 is 1.52 bits per heavy atom. The molecule has 0 amide bonds. The van der Waals surface area contributed by atoms with E-state index in [2.05, 4.69) is 9.88 Å². The zero-order valence-electron chi connectivity index (χ0n) is 16.9. The van der Waals surface area contributed by atoms with Crippen LogP contribution in [0.3, 0.4) is 0 Å². The monoisotopic (exact) mass is 438 g/mol. The standard InChI is InChI=1S/C24H23FN2O3S/c25-21-10-6-19(7-11-21)4-5-20-8-12-23(13-9-20)31(28,29)24-3-1-2-22(26-24)18-27-14-16-30-17-15-27/h1-13H,14-18H2/b5-4+. The van der Waals surface area contributed by atoms with E-state index in [1.54, 1.807) is 42.5 Å². The molecule has 0 unspecified atom stereocenters. The first-order chi connectivity index (χ1) is 15.0. The maximum atomic E-state index is 13.1. The van der Waals surface area contributed by atoms with E-state index in [0.717, 1.165) is 29.9 Å². The third-order valence-electron chi connectivity index (χ3n) is 5.07. The highest BCUT2D eigenvalue weighted by Gasteiger charge is 2.20. The number of hydrogen-bond donors (Lipinski definition) is 0. The van der Waals surface area contributed by atoms with Gasteiger partial charge in [-0.25, -0.2) is 17.8 Å². The maximum Gasteiger partial charge on any atom is 0.223 e. The summed E-state index contributed by atoms with van der Waals surface area (Å²) in [7, 11) is -3.71. The Hall–Kier alpha value is -2.87. The van der Waals surface area contributed by atoms with E-state index < -0.39 is 9.84 Å². The highest BCUT2D eigenvalue weighted by atomic mass is 32.2. The molecule has 0 N–H and O–H groups in total. The fraction of sp³-hybridized carbons (Fsp3) is 0.208. The van der Waals surface area contributed by atoms with Crippen molar-refractivity contribution in [2.45, 2.75) is 16.5 Å². The first kappa shape index (κ1) is 21.4. The Labute approximate surface area is 181 Å². The Bertz CT molecular complexity index is 1150. The fourth-order valence-electron chi connectivity index (χ4n) is 3.33. The van der Waals surface area contributed by atoms with E-state index in [-0.39, 0.29) is 15.7 Å². The molecule has 7 heteroatoms. The van der Waals surface area contributed by atoms with Gasteiger partial charge in [0.15, 0.2) is 5.03 Å². The van der Waals surface area contributed by atoms with Crippen molar-refractivity contribution < 1.29 is 17.5 Å². The van der Waals surface area contributed by atoms with E-state index in [9.17, 15) is 12.8 Å². The molecule has 0 bridgehead atoms. The predicted molar refractivity (Wildman–Crippen MR) is 118 cm³/mol. The Kier molecular flexibility index (Phi) is 6.56. The summed E-state index contributed by atoms with van der Waals surface area (Å²) in [5.74, 6) is -0.283. The quantitative estimate of drug-likeness (QED) is 0.544. The van der Waals surface area contributed by atoms with Gasteiger partial charge in [0.2, 0.25) is 9.84 Å². The average molecular weight is 439 g/mol. The van der Waals surface area contributed by atoms with E-state index >= 15 is 0 Å². The molecule has 2 heterocycles. The second kappa shape index (κ2) is 9.51. The minimum Gasteiger partial charge on any atom is -0.379 e. The maximum absolute atomic E-state index is 13.1. The van der Waals surface area contributed by atoms with Crippen molar-refractivity contribution in [2.75, 3.05) is 26.3 Å². The molecule has 1 aliphatic rings. The first-order valence-corrected chi connectivity index (χ1v) is 11.5. The molecule has 5 nitrogen and oxygen atoms in total. The zero-order chi connectivity index (χ0) is 21.7. The van der Waals surface area contributed by atoms with Gasteiger partial charge in [0.1, 0.15) is 5.82 Å². The molecular formula is C24H23FN2O3S. The molecule has 1 fully saturated rings. The summed E-state index contributed by atoms with van der Waals surface area (Å²) in [6, 6.07) is 17.9. The molecule has 0 aliphatic carbocycles. The number of aromatic nitrogens is 1. The van der Waals surface area contributed by atoms with Gasteiger partial charge in [-0.3, -0.25) is 4.90 Å². The lowest BCUT2D eigenvalue weighted by molar-refractivity contribution is 0.0336. The number of nitrogens with zero attached hydrogens (tertiary/aromatic N) is 2. The predicted octanol–water partition coefficient (Wildman–Crippen LogP) is 4.06. The summed E-state index contributed by atoms with van der Waals surface area (Å²) in [4.78, 5) is 6.80. The molecule has 0 atom stereocenters. The SMILES string of the molecule is O=S(=O)(c1ccc(/C=C/c2ccc(F)cc2)cc1)c1cccc(CN2CCOCC2)n1. The number of halogens is 1. The third-order valence-corrected chi connectivity index (χ3v) is 6.75. The molecular weight excluding hydrogens is 415 g/mol. The van der Waals surface area contributed by atoms with Crippen LogP contribution in [-0.4, -0.2) is 44.6 Å². The number of rotatable bonds is 6. The second-order valence-corrected chi connectivity index (χ2v) is 9.21. The third kappa shape index (κ3) is 5.44. The number of benzene rings is 2. The molecule has 1 aliphatic heterocycles. The van der Waals surface area contributed by atoms with Crippen molar-refractivity contribution in [3.8, 4) is 0 Å². The lowest BCUT2D eigenvalue weighted by atomic mass is 10.1. The van der Waals surface area contributed by atoms with Crippen molar-refractivity contribution in [3.63, 3.8) is 0 Å². The molecule has 4 rings (SSSR count). The van der Waals surface area contributed by atoms with Crippen LogP contribution in [0.25, 0.3) is 12.2 Å². The van der Waals surface area contributed by atoms with Gasteiger partial charge >= 0.3 is 0 Å². The summed E-state index contributed by atoms with van der Waals surface area (Å²) >= 11 is 0. The van der Waals surface area contributed by atoms with Crippen LogP contribution in [0.4, 0.5) is 4.39 Å². The summed E-state index contributed by atoms with van der Waals surface area (Å²) in [5.41, 5.74) is 2.43. The average Bonchev–Trinajstić information content (AvgIpc) is 2.80. The van der Waals surface area contributed by atoms with Crippen molar-refractivity contribution in [1.82, 2.24) is 9.88 Å². The van der Waals surface area contributed by atoms with Crippen LogP contribution < -0.4 is 0 Å². The highest BCUT2D eigenvalue weighted by molar-refractivity contribution is 7.91. The molecule has 160 valence electrons. The second-order valence-electron chi connectivity index (χ2n) is 7.31. The van der Waals surface area contributed by atoms with Gasteiger partial charge in [0, 0.05) is 19.6 Å². The molecule has 1 aromatic heterocycles. The normalized spacial score (nSPS) is 15.4. The lowest BCUT2D eigenvalue weighted by Crippen LogP contribution is -2.35. The van der Waals surface area contributed by atoms with Gasteiger partial charge < -0.3 is 4.74 Å². The summed E-state index contributed by atoms with van der Waals surface area (Å²) in [6.07, 6.45) is 3.70. The van der Waals surface area contributed by atoms with Crippen LogP contribution in [0.15, 0.2) is 76.7 Å². The number of morpholine rings is 1. The van der Waals surface area contributed by atoms with Crippen molar-refractivity contribution >= 4 is 22.0 Å². The molecule has 2 aromatic carbocycles. The van der Waals surface area contributed by atoms with Crippen LogP contribution >= 0.6 is 0 Å². The van der Waals surface area contributed by atoms with Gasteiger partial charge in [-0.05, 0) is 47.5 Å². The fourth-order valence-corrected chi connectivity index (χ4v) is 4.56. The zero-order valence-corrected chi connectivity index (χ0v) is 17.8. The van der Waals surface area contributed by atoms with E-state index in [0.29, 0.717) is 19.8 Å². The summed E-state index contributed by atoms with van der Waals surface area (Å²) in [5, 5.41) is 0.0489. The van der Waals surface area contributed by atoms with Gasteiger partial charge in [-0.2, -0.15) is 0 Å². The number of pyridine rings is 1. The smallest absolute Gasteiger partial charge is 0.223 e. The van der Waals surface area contributed by atoms with Crippen LogP contribution in [-0.2, 0) is 21.1 Å². The molecule has 31 heavy (non-hydrogen) atoms. The topological polar surface area (TPSA) is 59.5 Å².